The maximum Gasteiger partial charge on any atom is 0.343 e. The molecule has 0 aromatic heterocycles. The Labute approximate surface area is 148 Å². The number of benzene rings is 1. The summed E-state index contributed by atoms with van der Waals surface area (Å²) in [5, 5.41) is 0. The van der Waals surface area contributed by atoms with Gasteiger partial charge in [0.05, 0.1) is 12.6 Å². The highest BCUT2D eigenvalue weighted by Crippen LogP contribution is 2.39. The van der Waals surface area contributed by atoms with Crippen LogP contribution in [0.4, 0.5) is 0 Å². The van der Waals surface area contributed by atoms with E-state index in [1.165, 1.54) is 0 Å². The molecular weight excluding hydrogens is 318 g/mol. The molecule has 0 unspecified atom stereocenters. The summed E-state index contributed by atoms with van der Waals surface area (Å²) in [5.41, 5.74) is 0.486. The normalized spacial score (nSPS) is 26.2. The number of amides is 1. The Bertz CT molecular complexity index is 689. The van der Waals surface area contributed by atoms with Crippen LogP contribution in [-0.2, 0) is 19.1 Å². The third-order valence-electron chi connectivity index (χ3n) is 4.52. The monoisotopic (exact) mass is 343 g/mol. The van der Waals surface area contributed by atoms with E-state index < -0.39 is 11.6 Å². The predicted molar refractivity (Wildman–Crippen MR) is 93.5 cm³/mol. The van der Waals surface area contributed by atoms with Crippen LogP contribution in [0.2, 0.25) is 0 Å². The second kappa shape index (κ2) is 6.64. The quantitative estimate of drug-likeness (QED) is 0.625. The molecule has 3 atom stereocenters. The van der Waals surface area contributed by atoms with Crippen LogP contribution in [0.5, 0.6) is 0 Å². The number of nitrogens with zero attached hydrogens (tertiary/aromatic N) is 1. The molecule has 1 aromatic rings. The molecule has 0 spiro atoms. The standard InChI is InChI=1S/C20H25NO4/c1-5-13-11-15(19(23)25-20(2,3)4)17(22)21-16(12-24-18(13)21)14-9-7-6-8-10-14/h6-11,13,16,18H,5,12H2,1-4H3/t13-,16+,18+/m1/s1. The molecule has 0 aliphatic carbocycles. The summed E-state index contributed by atoms with van der Waals surface area (Å²) in [6.45, 7) is 7.85. The van der Waals surface area contributed by atoms with Gasteiger partial charge in [-0.25, -0.2) is 4.79 Å². The molecule has 25 heavy (non-hydrogen) atoms. The van der Waals surface area contributed by atoms with E-state index in [1.807, 2.05) is 37.3 Å². The lowest BCUT2D eigenvalue weighted by Gasteiger charge is -2.36. The molecule has 1 aromatic carbocycles. The highest BCUT2D eigenvalue weighted by Gasteiger charge is 2.47. The minimum absolute atomic E-state index is 0.0195. The van der Waals surface area contributed by atoms with Crippen LogP contribution in [0, 0.1) is 5.92 Å². The van der Waals surface area contributed by atoms with Crippen molar-refractivity contribution < 1.29 is 19.1 Å². The van der Waals surface area contributed by atoms with E-state index >= 15 is 0 Å². The summed E-state index contributed by atoms with van der Waals surface area (Å²) in [4.78, 5) is 27.3. The predicted octanol–water partition coefficient (Wildman–Crippen LogP) is 3.22. The molecule has 3 rings (SSSR count). The highest BCUT2D eigenvalue weighted by molar-refractivity contribution is 6.17. The molecular formula is C20H25NO4. The van der Waals surface area contributed by atoms with Crippen molar-refractivity contribution in [3.63, 3.8) is 0 Å². The molecule has 2 aliphatic rings. The lowest BCUT2D eigenvalue weighted by molar-refractivity contribution is -0.154. The van der Waals surface area contributed by atoms with Crippen LogP contribution in [0.3, 0.4) is 0 Å². The van der Waals surface area contributed by atoms with Crippen LogP contribution < -0.4 is 0 Å². The first kappa shape index (κ1) is 17.7. The van der Waals surface area contributed by atoms with Gasteiger partial charge < -0.3 is 14.4 Å². The van der Waals surface area contributed by atoms with Gasteiger partial charge in [0.15, 0.2) is 0 Å². The van der Waals surface area contributed by atoms with Crippen molar-refractivity contribution in [3.8, 4) is 0 Å². The molecule has 5 heteroatoms. The first-order valence-corrected chi connectivity index (χ1v) is 8.76. The number of hydrogen-bond donors (Lipinski definition) is 0. The van der Waals surface area contributed by atoms with Gasteiger partial charge in [0.1, 0.15) is 17.4 Å². The number of esters is 1. The summed E-state index contributed by atoms with van der Waals surface area (Å²) in [6, 6.07) is 9.61. The van der Waals surface area contributed by atoms with Gasteiger partial charge >= 0.3 is 5.97 Å². The number of carbonyl (C=O) groups excluding carboxylic acids is 2. The second-order valence-corrected chi connectivity index (χ2v) is 7.52. The fourth-order valence-electron chi connectivity index (χ4n) is 3.36. The third kappa shape index (κ3) is 3.47. The Hall–Kier alpha value is -2.14. The van der Waals surface area contributed by atoms with Gasteiger partial charge in [-0.05, 0) is 32.8 Å². The summed E-state index contributed by atoms with van der Waals surface area (Å²) in [5.74, 6) is -0.891. The molecule has 134 valence electrons. The van der Waals surface area contributed by atoms with E-state index in [0.717, 1.165) is 12.0 Å². The maximum absolute atomic E-state index is 13.1. The van der Waals surface area contributed by atoms with Gasteiger partial charge in [-0.1, -0.05) is 43.3 Å². The molecule has 0 saturated carbocycles. The second-order valence-electron chi connectivity index (χ2n) is 7.52. The fourth-order valence-corrected chi connectivity index (χ4v) is 3.36. The lowest BCUT2D eigenvalue weighted by atomic mass is 9.93. The highest BCUT2D eigenvalue weighted by atomic mass is 16.6. The molecule has 2 heterocycles. The van der Waals surface area contributed by atoms with E-state index in [-0.39, 0.29) is 29.7 Å². The van der Waals surface area contributed by atoms with E-state index in [2.05, 4.69) is 0 Å². The maximum atomic E-state index is 13.1. The largest absolute Gasteiger partial charge is 0.456 e. The van der Waals surface area contributed by atoms with Gasteiger partial charge in [-0.15, -0.1) is 0 Å². The Kier molecular flexibility index (Phi) is 4.69. The Morgan fingerprint density at radius 1 is 1.28 bits per heavy atom. The average molecular weight is 343 g/mol. The molecule has 1 fully saturated rings. The zero-order valence-electron chi connectivity index (χ0n) is 15.2. The minimum Gasteiger partial charge on any atom is -0.456 e. The summed E-state index contributed by atoms with van der Waals surface area (Å²) < 4.78 is 11.4. The zero-order valence-corrected chi connectivity index (χ0v) is 15.2. The number of ether oxygens (including phenoxy) is 2. The van der Waals surface area contributed by atoms with Crippen molar-refractivity contribution in [3.05, 3.63) is 47.5 Å². The summed E-state index contributed by atoms with van der Waals surface area (Å²) in [6.07, 6.45) is 2.18. The van der Waals surface area contributed by atoms with E-state index in [9.17, 15) is 9.59 Å². The van der Waals surface area contributed by atoms with Crippen molar-refractivity contribution in [2.75, 3.05) is 6.61 Å². The SMILES string of the molecule is CC[C@@H]1C=C(C(=O)OC(C)(C)C)C(=O)N2[C@H](c3ccccc3)CO[C@@H]12. The zero-order chi connectivity index (χ0) is 18.2. The van der Waals surface area contributed by atoms with E-state index in [1.54, 1.807) is 31.7 Å². The van der Waals surface area contributed by atoms with Gasteiger partial charge in [0, 0.05) is 5.92 Å². The number of hydrogen-bond acceptors (Lipinski definition) is 4. The number of rotatable bonds is 3. The van der Waals surface area contributed by atoms with Gasteiger partial charge in [0.25, 0.3) is 5.91 Å². The Balaban J connectivity index is 1.93. The molecule has 0 bridgehead atoms. The minimum atomic E-state index is -0.642. The molecule has 1 amide bonds. The summed E-state index contributed by atoms with van der Waals surface area (Å²) >= 11 is 0. The first-order valence-electron chi connectivity index (χ1n) is 8.76. The van der Waals surface area contributed by atoms with Crippen molar-refractivity contribution in [1.29, 1.82) is 0 Å². The third-order valence-corrected chi connectivity index (χ3v) is 4.52. The van der Waals surface area contributed by atoms with Crippen LogP contribution in [0.1, 0.15) is 45.7 Å². The van der Waals surface area contributed by atoms with Crippen molar-refractivity contribution >= 4 is 11.9 Å². The topological polar surface area (TPSA) is 55.8 Å². The van der Waals surface area contributed by atoms with Crippen LogP contribution >= 0.6 is 0 Å². The Morgan fingerprint density at radius 2 is 1.96 bits per heavy atom. The van der Waals surface area contributed by atoms with Crippen molar-refractivity contribution in [2.45, 2.75) is 52.0 Å². The number of fused-ring (bicyclic) bond motifs is 1. The Morgan fingerprint density at radius 3 is 2.56 bits per heavy atom. The fraction of sp³-hybridized carbons (Fsp3) is 0.500. The van der Waals surface area contributed by atoms with Gasteiger partial charge in [-0.3, -0.25) is 4.79 Å². The lowest BCUT2D eigenvalue weighted by Crippen LogP contribution is -2.47. The molecule has 1 saturated heterocycles. The van der Waals surface area contributed by atoms with Crippen LogP contribution in [-0.4, -0.2) is 35.2 Å². The van der Waals surface area contributed by atoms with Crippen molar-refractivity contribution in [2.24, 2.45) is 5.92 Å². The molecule has 2 aliphatic heterocycles. The summed E-state index contributed by atoms with van der Waals surface area (Å²) in [7, 11) is 0. The van der Waals surface area contributed by atoms with Gasteiger partial charge in [0.2, 0.25) is 0 Å². The van der Waals surface area contributed by atoms with E-state index in [0.29, 0.717) is 6.61 Å². The number of carbonyl (C=O) groups is 2. The molecule has 5 nitrogen and oxygen atoms in total. The van der Waals surface area contributed by atoms with Crippen molar-refractivity contribution in [1.82, 2.24) is 4.90 Å². The van der Waals surface area contributed by atoms with E-state index in [4.69, 9.17) is 9.47 Å². The smallest absolute Gasteiger partial charge is 0.343 e. The molecule has 0 N–H and O–H groups in total. The van der Waals surface area contributed by atoms with Crippen LogP contribution in [0.15, 0.2) is 42.0 Å². The first-order chi connectivity index (χ1) is 11.8. The van der Waals surface area contributed by atoms with Crippen LogP contribution in [0.25, 0.3) is 0 Å². The average Bonchev–Trinajstić information content (AvgIpc) is 3.00. The molecule has 0 radical (unpaired) electrons. The van der Waals surface area contributed by atoms with Gasteiger partial charge in [-0.2, -0.15) is 0 Å².